The van der Waals surface area contributed by atoms with E-state index in [1.807, 2.05) is 11.0 Å². The van der Waals surface area contributed by atoms with Crippen LogP contribution in [0.5, 0.6) is 11.8 Å². The summed E-state index contributed by atoms with van der Waals surface area (Å²) in [6, 6.07) is 7.19. The fourth-order valence-corrected chi connectivity index (χ4v) is 3.69. The van der Waals surface area contributed by atoms with Gasteiger partial charge < -0.3 is 20.1 Å². The van der Waals surface area contributed by atoms with Crippen LogP contribution in [0.4, 0.5) is 5.69 Å². The minimum Gasteiger partial charge on any atom is -0.481 e. The molecule has 148 valence electrons. The first kappa shape index (κ1) is 18.5. The van der Waals surface area contributed by atoms with Crippen molar-refractivity contribution in [2.75, 3.05) is 19.4 Å². The molecule has 3 heterocycles. The van der Waals surface area contributed by atoms with Gasteiger partial charge in [0.1, 0.15) is 6.10 Å². The van der Waals surface area contributed by atoms with Crippen molar-refractivity contribution in [2.45, 2.75) is 50.7 Å². The van der Waals surface area contributed by atoms with Gasteiger partial charge in [0.2, 0.25) is 11.8 Å². The van der Waals surface area contributed by atoms with E-state index in [1.54, 1.807) is 31.5 Å². The third kappa shape index (κ3) is 3.88. The van der Waals surface area contributed by atoms with Gasteiger partial charge in [-0.15, -0.1) is 0 Å². The maximum Gasteiger partial charge on any atom is 0.256 e. The summed E-state index contributed by atoms with van der Waals surface area (Å²) in [6.07, 6.45) is 5.42. The summed E-state index contributed by atoms with van der Waals surface area (Å²) in [4.78, 5) is 24.0. The fourth-order valence-electron chi connectivity index (χ4n) is 3.69. The fraction of sp³-hybridized carbons (Fsp3) is 0.476. The Bertz CT molecular complexity index is 868. The molecule has 0 spiro atoms. The van der Waals surface area contributed by atoms with Gasteiger partial charge in [-0.05, 0) is 44.7 Å². The van der Waals surface area contributed by atoms with Gasteiger partial charge in [0.05, 0.1) is 24.9 Å². The number of rotatable bonds is 5. The van der Waals surface area contributed by atoms with Crippen LogP contribution in [0.3, 0.4) is 0 Å². The minimum atomic E-state index is -0.106. The molecule has 28 heavy (non-hydrogen) atoms. The molecule has 1 aliphatic heterocycles. The first-order chi connectivity index (χ1) is 13.5. The van der Waals surface area contributed by atoms with E-state index in [-0.39, 0.29) is 18.1 Å². The number of aromatic nitrogens is 2. The van der Waals surface area contributed by atoms with E-state index in [9.17, 15) is 4.79 Å². The lowest BCUT2D eigenvalue weighted by atomic mass is 9.99. The Morgan fingerprint density at radius 3 is 2.71 bits per heavy atom. The van der Waals surface area contributed by atoms with Gasteiger partial charge in [-0.25, -0.2) is 9.97 Å². The lowest BCUT2D eigenvalue weighted by Crippen LogP contribution is -2.49. The quantitative estimate of drug-likeness (QED) is 0.855. The van der Waals surface area contributed by atoms with Gasteiger partial charge in [-0.2, -0.15) is 0 Å². The summed E-state index contributed by atoms with van der Waals surface area (Å²) in [6.45, 7) is 2.60. The van der Waals surface area contributed by atoms with Crippen LogP contribution in [-0.2, 0) is 0 Å². The number of hydrogen-bond donors (Lipinski definition) is 1. The normalized spacial score (nSPS) is 22.0. The number of pyridine rings is 2. The van der Waals surface area contributed by atoms with E-state index >= 15 is 0 Å². The molecular weight excluding hydrogens is 356 g/mol. The van der Waals surface area contributed by atoms with Crippen molar-refractivity contribution in [2.24, 2.45) is 0 Å². The number of ether oxygens (including phenoxy) is 2. The van der Waals surface area contributed by atoms with Crippen molar-refractivity contribution in [3.63, 3.8) is 0 Å². The molecule has 0 unspecified atom stereocenters. The number of amides is 1. The first-order valence-corrected chi connectivity index (χ1v) is 9.79. The highest BCUT2D eigenvalue weighted by atomic mass is 16.5. The average Bonchev–Trinajstić information content (AvgIpc) is 3.54. The van der Waals surface area contributed by atoms with Gasteiger partial charge in [0.15, 0.2) is 0 Å². The highest BCUT2D eigenvalue weighted by molar-refractivity contribution is 5.96. The standard InChI is InChI=1S/C21H26N4O3/c1-13-3-6-16(28-19-11-15(22)9-10-23-19)12-25(13)21(26)17-7-8-18(27-2)24-20(17)14-4-5-14/h7-11,13-14,16H,3-6,12H2,1-2H3,(H2,22,23)/t13-,16-/m1/s1. The van der Waals surface area contributed by atoms with Gasteiger partial charge in [-0.3, -0.25) is 4.79 Å². The first-order valence-electron chi connectivity index (χ1n) is 9.79. The van der Waals surface area contributed by atoms with Crippen LogP contribution in [0.15, 0.2) is 30.5 Å². The Morgan fingerprint density at radius 1 is 1.18 bits per heavy atom. The zero-order valence-corrected chi connectivity index (χ0v) is 16.3. The van der Waals surface area contributed by atoms with Crippen LogP contribution in [0.2, 0.25) is 0 Å². The molecule has 7 nitrogen and oxygen atoms in total. The van der Waals surface area contributed by atoms with E-state index in [2.05, 4.69) is 16.9 Å². The molecule has 2 fully saturated rings. The molecule has 0 radical (unpaired) electrons. The van der Waals surface area contributed by atoms with Crippen LogP contribution in [0.1, 0.15) is 54.6 Å². The third-order valence-corrected chi connectivity index (χ3v) is 5.45. The highest BCUT2D eigenvalue weighted by Crippen LogP contribution is 2.41. The largest absolute Gasteiger partial charge is 0.481 e. The number of anilines is 1. The number of hydrogen-bond acceptors (Lipinski definition) is 6. The molecule has 1 saturated heterocycles. The SMILES string of the molecule is COc1ccc(C(=O)N2C[C@H](Oc3cc(N)ccn3)CC[C@H]2C)c(C2CC2)n1. The number of nitrogens with two attached hydrogens (primary N) is 1. The third-order valence-electron chi connectivity index (χ3n) is 5.45. The molecule has 2 atom stereocenters. The molecule has 2 aromatic heterocycles. The van der Waals surface area contributed by atoms with E-state index in [1.165, 1.54) is 0 Å². The van der Waals surface area contributed by atoms with Crippen LogP contribution in [-0.4, -0.2) is 46.6 Å². The van der Waals surface area contributed by atoms with E-state index in [0.29, 0.717) is 35.5 Å². The van der Waals surface area contributed by atoms with Crippen molar-refractivity contribution in [1.82, 2.24) is 14.9 Å². The summed E-state index contributed by atoms with van der Waals surface area (Å²) in [5.41, 5.74) is 7.96. The Morgan fingerprint density at radius 2 is 2.00 bits per heavy atom. The molecule has 0 bridgehead atoms. The lowest BCUT2D eigenvalue weighted by molar-refractivity contribution is 0.0371. The van der Waals surface area contributed by atoms with Gasteiger partial charge in [0, 0.05) is 36.0 Å². The van der Waals surface area contributed by atoms with Crippen molar-refractivity contribution in [3.05, 3.63) is 41.7 Å². The van der Waals surface area contributed by atoms with Crippen molar-refractivity contribution in [1.29, 1.82) is 0 Å². The van der Waals surface area contributed by atoms with Crippen LogP contribution in [0.25, 0.3) is 0 Å². The zero-order chi connectivity index (χ0) is 19.7. The van der Waals surface area contributed by atoms with Gasteiger partial charge >= 0.3 is 0 Å². The zero-order valence-electron chi connectivity index (χ0n) is 16.3. The smallest absolute Gasteiger partial charge is 0.256 e. The molecule has 7 heteroatoms. The molecule has 1 saturated carbocycles. The predicted octanol–water partition coefficient (Wildman–Crippen LogP) is 3.02. The number of nitrogen functional groups attached to an aromatic ring is 1. The Kier molecular flexibility index (Phi) is 5.07. The van der Waals surface area contributed by atoms with Gasteiger partial charge in [-0.1, -0.05) is 0 Å². The van der Waals surface area contributed by atoms with Crippen molar-refractivity contribution < 1.29 is 14.3 Å². The average molecular weight is 382 g/mol. The molecule has 2 N–H and O–H groups in total. The Labute approximate surface area is 164 Å². The summed E-state index contributed by atoms with van der Waals surface area (Å²) in [5, 5.41) is 0. The monoisotopic (exact) mass is 382 g/mol. The summed E-state index contributed by atoms with van der Waals surface area (Å²) in [7, 11) is 1.60. The maximum absolute atomic E-state index is 13.4. The van der Waals surface area contributed by atoms with Gasteiger partial charge in [0.25, 0.3) is 5.91 Å². The van der Waals surface area contributed by atoms with Crippen LogP contribution < -0.4 is 15.2 Å². The van der Waals surface area contributed by atoms with Crippen molar-refractivity contribution in [3.8, 4) is 11.8 Å². The maximum atomic E-state index is 13.4. The number of carbonyl (C=O) groups excluding carboxylic acids is 1. The minimum absolute atomic E-state index is 0.0124. The summed E-state index contributed by atoms with van der Waals surface area (Å²) in [5.74, 6) is 1.42. The second kappa shape index (κ2) is 7.66. The predicted molar refractivity (Wildman–Crippen MR) is 106 cm³/mol. The molecule has 0 aromatic carbocycles. The molecule has 2 aliphatic rings. The molecule has 2 aromatic rings. The van der Waals surface area contributed by atoms with E-state index in [4.69, 9.17) is 15.2 Å². The van der Waals surface area contributed by atoms with Crippen LogP contribution in [0, 0.1) is 0 Å². The number of nitrogens with zero attached hydrogens (tertiary/aromatic N) is 3. The highest BCUT2D eigenvalue weighted by Gasteiger charge is 2.35. The van der Waals surface area contributed by atoms with Crippen molar-refractivity contribution >= 4 is 11.6 Å². The Balaban J connectivity index is 1.53. The summed E-state index contributed by atoms with van der Waals surface area (Å²) < 4.78 is 11.3. The lowest BCUT2D eigenvalue weighted by Gasteiger charge is -2.38. The number of carbonyl (C=O) groups is 1. The molecular formula is C21H26N4O3. The second-order valence-corrected chi connectivity index (χ2v) is 7.61. The number of piperidine rings is 1. The topological polar surface area (TPSA) is 90.6 Å². The Hall–Kier alpha value is -2.83. The van der Waals surface area contributed by atoms with E-state index < -0.39 is 0 Å². The van der Waals surface area contributed by atoms with E-state index in [0.717, 1.165) is 31.4 Å². The number of likely N-dealkylation sites (tertiary alicyclic amines) is 1. The second-order valence-electron chi connectivity index (χ2n) is 7.61. The number of methoxy groups -OCH3 is 1. The van der Waals surface area contributed by atoms with Crippen LogP contribution >= 0.6 is 0 Å². The molecule has 1 amide bonds. The summed E-state index contributed by atoms with van der Waals surface area (Å²) >= 11 is 0. The molecule has 1 aliphatic carbocycles. The molecule has 4 rings (SSSR count).